The summed E-state index contributed by atoms with van der Waals surface area (Å²) in [6, 6.07) is 10.0. The summed E-state index contributed by atoms with van der Waals surface area (Å²) in [5.41, 5.74) is 4.09. The van der Waals surface area contributed by atoms with Crippen LogP contribution >= 0.6 is 12.2 Å². The maximum Gasteiger partial charge on any atom is 0.360 e. The third-order valence-electron chi connectivity index (χ3n) is 4.77. The van der Waals surface area contributed by atoms with Gasteiger partial charge < -0.3 is 14.7 Å². The molecule has 0 saturated carbocycles. The van der Waals surface area contributed by atoms with Crippen LogP contribution in [0.3, 0.4) is 0 Å². The summed E-state index contributed by atoms with van der Waals surface area (Å²) in [7, 11) is 3.87. The Hall–Kier alpha value is -2.57. The number of ether oxygens (including phenoxy) is 1. The van der Waals surface area contributed by atoms with Crippen LogP contribution in [-0.4, -0.2) is 46.5 Å². The normalized spacial score (nSPS) is 13.2. The summed E-state index contributed by atoms with van der Waals surface area (Å²) < 4.78 is 5.29. The summed E-state index contributed by atoms with van der Waals surface area (Å²) in [4.78, 5) is 19.6. The molecule has 0 atom stereocenters. The minimum Gasteiger partial charge on any atom is -0.505 e. The number of unbranched alkanes of at least 4 members (excludes halogenated alkanes) is 1. The van der Waals surface area contributed by atoms with Gasteiger partial charge in [0.25, 0.3) is 0 Å². The fourth-order valence-corrected chi connectivity index (χ4v) is 3.70. The number of rotatable bonds is 7. The van der Waals surface area contributed by atoms with Crippen LogP contribution < -0.4 is 0 Å². The summed E-state index contributed by atoms with van der Waals surface area (Å²) in [5.74, 6) is -0.795. The molecule has 0 aliphatic heterocycles. The summed E-state index contributed by atoms with van der Waals surface area (Å²) >= 11 is 5.66. The van der Waals surface area contributed by atoms with E-state index in [0.29, 0.717) is 35.7 Å². The van der Waals surface area contributed by atoms with E-state index >= 15 is 0 Å². The van der Waals surface area contributed by atoms with E-state index in [-0.39, 0.29) is 11.4 Å². The second kappa shape index (κ2) is 9.29. The second-order valence-corrected chi connectivity index (χ2v) is 7.90. The molecule has 0 fully saturated rings. The van der Waals surface area contributed by atoms with Gasteiger partial charge in [0, 0.05) is 29.0 Å². The van der Waals surface area contributed by atoms with E-state index < -0.39 is 5.97 Å². The van der Waals surface area contributed by atoms with Gasteiger partial charge in [-0.3, -0.25) is 0 Å². The van der Waals surface area contributed by atoms with Gasteiger partial charge in [-0.1, -0.05) is 55.9 Å². The number of carbonyl (C=O) groups is 1. The highest BCUT2D eigenvalue weighted by molar-refractivity contribution is 7.81. The van der Waals surface area contributed by atoms with Crippen molar-refractivity contribution < 1.29 is 14.6 Å². The van der Waals surface area contributed by atoms with Crippen molar-refractivity contribution >= 4 is 34.7 Å². The number of hydrogen-bond donors (Lipinski definition) is 1. The Labute approximate surface area is 177 Å². The van der Waals surface area contributed by atoms with Crippen LogP contribution in [0.4, 0.5) is 0 Å². The predicted molar refractivity (Wildman–Crippen MR) is 119 cm³/mol. The molecule has 3 rings (SSSR count). The van der Waals surface area contributed by atoms with Crippen molar-refractivity contribution in [2.24, 2.45) is 0 Å². The highest BCUT2D eigenvalue weighted by Crippen LogP contribution is 2.38. The zero-order valence-corrected chi connectivity index (χ0v) is 17.9. The molecule has 2 aromatic rings. The van der Waals surface area contributed by atoms with Gasteiger partial charge in [-0.25, -0.2) is 9.78 Å². The van der Waals surface area contributed by atoms with Crippen molar-refractivity contribution in [3.05, 3.63) is 58.4 Å². The minimum atomic E-state index is -0.612. The summed E-state index contributed by atoms with van der Waals surface area (Å²) in [5, 5.41) is 10.9. The third kappa shape index (κ3) is 4.71. The van der Waals surface area contributed by atoms with Crippen LogP contribution in [0.25, 0.3) is 11.6 Å². The lowest BCUT2D eigenvalue weighted by Crippen LogP contribution is -2.20. The molecular formula is C23H26N2O3S. The first-order valence-electron chi connectivity index (χ1n) is 9.79. The summed E-state index contributed by atoms with van der Waals surface area (Å²) in [6.45, 7) is 2.84. The van der Waals surface area contributed by atoms with Crippen molar-refractivity contribution in [1.29, 1.82) is 0 Å². The van der Waals surface area contributed by atoms with E-state index in [1.54, 1.807) is 0 Å². The van der Waals surface area contributed by atoms with Gasteiger partial charge in [-0.05, 0) is 37.7 Å². The number of thiocarbonyl (C=S) groups is 1. The van der Waals surface area contributed by atoms with Gasteiger partial charge in [0.2, 0.25) is 0 Å². The average molecular weight is 411 g/mol. The van der Waals surface area contributed by atoms with Crippen molar-refractivity contribution in [2.75, 3.05) is 20.7 Å². The first-order chi connectivity index (χ1) is 13.9. The Bertz CT molecular complexity index is 952. The fourth-order valence-electron chi connectivity index (χ4n) is 3.34. The number of carbonyl (C=O) groups excluding carboxylic acids is 1. The van der Waals surface area contributed by atoms with Crippen LogP contribution in [-0.2, 0) is 11.3 Å². The fraction of sp³-hybridized carbons (Fsp3) is 0.348. The quantitative estimate of drug-likeness (QED) is 0.413. The van der Waals surface area contributed by atoms with Gasteiger partial charge in [-0.15, -0.1) is 0 Å². The van der Waals surface area contributed by atoms with E-state index in [9.17, 15) is 9.90 Å². The van der Waals surface area contributed by atoms with Crippen LogP contribution in [0, 0.1) is 0 Å². The minimum absolute atomic E-state index is 0.0596. The van der Waals surface area contributed by atoms with Crippen molar-refractivity contribution in [3.8, 4) is 5.75 Å². The lowest BCUT2D eigenvalue weighted by Gasteiger charge is -2.23. The standard InChI is InChI=1S/C23H26N2O3S/c1-4-5-11-28-23(27)21-22(26)20-17(18(24-21)14-25(2)3)12-16(13-19(20)29)15-9-7-6-8-10-15/h6-10,12,26H,4-5,11,13-14H2,1-3H3. The first-order valence-corrected chi connectivity index (χ1v) is 10.2. The number of hydrogen-bond acceptors (Lipinski definition) is 6. The molecule has 1 N–H and O–H groups in total. The Morgan fingerprint density at radius 1 is 1.28 bits per heavy atom. The van der Waals surface area contributed by atoms with E-state index in [4.69, 9.17) is 17.0 Å². The number of allylic oxidation sites excluding steroid dienone is 1. The molecule has 1 aromatic heterocycles. The molecule has 0 spiro atoms. The van der Waals surface area contributed by atoms with E-state index in [2.05, 4.69) is 4.98 Å². The van der Waals surface area contributed by atoms with Gasteiger partial charge in [0.15, 0.2) is 11.4 Å². The molecular weight excluding hydrogens is 384 g/mol. The topological polar surface area (TPSA) is 62.7 Å². The van der Waals surface area contributed by atoms with Crippen LogP contribution in [0.15, 0.2) is 30.3 Å². The maximum absolute atomic E-state index is 12.5. The average Bonchev–Trinajstić information content (AvgIpc) is 2.70. The van der Waals surface area contributed by atoms with Gasteiger partial charge in [0.05, 0.1) is 12.3 Å². The lowest BCUT2D eigenvalue weighted by molar-refractivity contribution is 0.0488. The number of benzene rings is 1. The van der Waals surface area contributed by atoms with Crippen LogP contribution in [0.1, 0.15) is 59.1 Å². The van der Waals surface area contributed by atoms with Gasteiger partial charge in [0.1, 0.15) is 0 Å². The molecule has 1 aliphatic carbocycles. The third-order valence-corrected chi connectivity index (χ3v) is 5.12. The molecule has 0 amide bonds. The molecule has 0 radical (unpaired) electrons. The number of fused-ring (bicyclic) bond motifs is 1. The number of aromatic nitrogens is 1. The first kappa shape index (κ1) is 21.1. The van der Waals surface area contributed by atoms with Crippen molar-refractivity contribution in [1.82, 2.24) is 9.88 Å². The second-order valence-electron chi connectivity index (χ2n) is 7.41. The summed E-state index contributed by atoms with van der Waals surface area (Å²) in [6.07, 6.45) is 4.23. The molecule has 1 aliphatic rings. The van der Waals surface area contributed by atoms with Gasteiger partial charge in [-0.2, -0.15) is 0 Å². The zero-order chi connectivity index (χ0) is 21.0. The number of esters is 1. The van der Waals surface area contributed by atoms with E-state index in [1.807, 2.05) is 62.3 Å². The smallest absolute Gasteiger partial charge is 0.360 e. The highest BCUT2D eigenvalue weighted by Gasteiger charge is 2.29. The molecule has 0 unspecified atom stereocenters. The number of nitrogens with zero attached hydrogens (tertiary/aromatic N) is 2. The largest absolute Gasteiger partial charge is 0.505 e. The number of aromatic hydroxyl groups is 1. The Kier molecular flexibility index (Phi) is 6.77. The van der Waals surface area contributed by atoms with Crippen LogP contribution in [0.2, 0.25) is 0 Å². The van der Waals surface area contributed by atoms with E-state index in [1.165, 1.54) is 0 Å². The Balaban J connectivity index is 2.11. The maximum atomic E-state index is 12.5. The molecule has 6 heteroatoms. The predicted octanol–water partition coefficient (Wildman–Crippen LogP) is 4.47. The van der Waals surface area contributed by atoms with Gasteiger partial charge >= 0.3 is 5.97 Å². The molecule has 152 valence electrons. The molecule has 1 heterocycles. The molecule has 1 aromatic carbocycles. The molecule has 29 heavy (non-hydrogen) atoms. The van der Waals surface area contributed by atoms with E-state index in [0.717, 1.165) is 29.5 Å². The van der Waals surface area contributed by atoms with Crippen molar-refractivity contribution in [2.45, 2.75) is 32.7 Å². The van der Waals surface area contributed by atoms with Crippen LogP contribution in [0.5, 0.6) is 5.75 Å². The SMILES string of the molecule is CCCCOC(=O)c1nc(CN(C)C)c2c(c1O)C(=S)CC(c1ccccc1)=C2. The Morgan fingerprint density at radius 3 is 2.66 bits per heavy atom. The zero-order valence-electron chi connectivity index (χ0n) is 17.1. The Morgan fingerprint density at radius 2 is 2.00 bits per heavy atom. The molecule has 0 bridgehead atoms. The van der Waals surface area contributed by atoms with Crippen molar-refractivity contribution in [3.63, 3.8) is 0 Å². The molecule has 5 nitrogen and oxygen atoms in total. The monoisotopic (exact) mass is 410 g/mol. The lowest BCUT2D eigenvalue weighted by atomic mass is 9.86. The highest BCUT2D eigenvalue weighted by atomic mass is 32.1. The number of pyridine rings is 1. The molecule has 0 saturated heterocycles.